The lowest BCUT2D eigenvalue weighted by Gasteiger charge is -2.11. The maximum atomic E-state index is 8.97. The zero-order valence-corrected chi connectivity index (χ0v) is 9.65. The van der Waals surface area contributed by atoms with Crippen molar-refractivity contribution < 1.29 is 9.47 Å². The summed E-state index contributed by atoms with van der Waals surface area (Å²) in [4.78, 5) is 3.99. The molecule has 1 aromatic heterocycles. The Morgan fingerprint density at radius 1 is 1.06 bits per heavy atom. The third kappa shape index (κ3) is 2.37. The summed E-state index contributed by atoms with van der Waals surface area (Å²) in [7, 11) is 0. The zero-order valence-electron chi connectivity index (χ0n) is 9.65. The molecule has 6 nitrogen and oxygen atoms in total. The van der Waals surface area contributed by atoms with Gasteiger partial charge in [0.05, 0.1) is 18.9 Å². The van der Waals surface area contributed by atoms with Crippen LogP contribution in [-0.4, -0.2) is 18.2 Å². The van der Waals surface area contributed by atoms with Crippen molar-refractivity contribution in [2.75, 3.05) is 18.9 Å². The number of pyridine rings is 1. The fourth-order valence-electron chi connectivity index (χ4n) is 1.26. The molecule has 0 radical (unpaired) electrons. The van der Waals surface area contributed by atoms with Crippen LogP contribution < -0.4 is 15.2 Å². The van der Waals surface area contributed by atoms with Gasteiger partial charge in [-0.3, -0.25) is 0 Å². The summed E-state index contributed by atoms with van der Waals surface area (Å²) < 4.78 is 10.4. The fraction of sp³-hybridized carbons (Fsp3) is 0.364. The van der Waals surface area contributed by atoms with Gasteiger partial charge in [0.15, 0.2) is 0 Å². The van der Waals surface area contributed by atoms with Gasteiger partial charge in [0, 0.05) is 0 Å². The SMILES string of the molecule is CCOc1nc(OCC)c(C#N)c(N)c1C#N. The van der Waals surface area contributed by atoms with Gasteiger partial charge < -0.3 is 15.2 Å². The van der Waals surface area contributed by atoms with Crippen molar-refractivity contribution in [3.05, 3.63) is 11.1 Å². The van der Waals surface area contributed by atoms with Crippen molar-refractivity contribution in [1.82, 2.24) is 4.98 Å². The van der Waals surface area contributed by atoms with E-state index < -0.39 is 0 Å². The van der Waals surface area contributed by atoms with Crippen molar-refractivity contribution >= 4 is 5.69 Å². The molecule has 1 rings (SSSR count). The molecule has 0 spiro atoms. The van der Waals surface area contributed by atoms with Crippen LogP contribution in [0, 0.1) is 22.7 Å². The molecule has 0 aromatic carbocycles. The van der Waals surface area contributed by atoms with E-state index in [2.05, 4.69) is 4.98 Å². The first kappa shape index (κ1) is 12.6. The lowest BCUT2D eigenvalue weighted by molar-refractivity contribution is 0.298. The van der Waals surface area contributed by atoms with Gasteiger partial charge in [-0.25, -0.2) is 0 Å². The third-order valence-corrected chi connectivity index (χ3v) is 1.96. The number of nitriles is 2. The molecule has 0 amide bonds. The lowest BCUT2D eigenvalue weighted by Crippen LogP contribution is -2.07. The Morgan fingerprint density at radius 2 is 1.47 bits per heavy atom. The molecule has 1 aromatic rings. The molecule has 2 N–H and O–H groups in total. The number of nitrogens with two attached hydrogens (primary N) is 1. The smallest absolute Gasteiger partial charge is 0.237 e. The minimum atomic E-state index is 0.0388. The molecule has 0 fully saturated rings. The molecule has 0 aliphatic rings. The van der Waals surface area contributed by atoms with Crippen molar-refractivity contribution in [1.29, 1.82) is 10.5 Å². The highest BCUT2D eigenvalue weighted by Gasteiger charge is 2.19. The number of aromatic nitrogens is 1. The summed E-state index contributed by atoms with van der Waals surface area (Å²) >= 11 is 0. The summed E-state index contributed by atoms with van der Waals surface area (Å²) in [6.07, 6.45) is 0. The molecule has 0 atom stereocenters. The summed E-state index contributed by atoms with van der Waals surface area (Å²) in [6.45, 7) is 4.21. The highest BCUT2D eigenvalue weighted by Crippen LogP contribution is 2.31. The Labute approximate surface area is 99.2 Å². The largest absolute Gasteiger partial charge is 0.477 e. The van der Waals surface area contributed by atoms with Gasteiger partial charge in [0.1, 0.15) is 23.3 Å². The van der Waals surface area contributed by atoms with Crippen LogP contribution in [0.2, 0.25) is 0 Å². The van der Waals surface area contributed by atoms with E-state index in [9.17, 15) is 0 Å². The Morgan fingerprint density at radius 3 is 1.76 bits per heavy atom. The zero-order chi connectivity index (χ0) is 12.8. The van der Waals surface area contributed by atoms with Crippen LogP contribution >= 0.6 is 0 Å². The number of nitrogen functional groups attached to an aromatic ring is 1. The minimum Gasteiger partial charge on any atom is -0.477 e. The summed E-state index contributed by atoms with van der Waals surface area (Å²) in [5, 5.41) is 17.9. The van der Waals surface area contributed by atoms with E-state index in [0.29, 0.717) is 13.2 Å². The average molecular weight is 232 g/mol. The summed E-state index contributed by atoms with van der Waals surface area (Å²) in [5.74, 6) is 0.185. The molecule has 6 heteroatoms. The number of ether oxygens (including phenoxy) is 2. The van der Waals surface area contributed by atoms with Crippen LogP contribution in [0.15, 0.2) is 0 Å². The number of hydrogen-bond donors (Lipinski definition) is 1. The van der Waals surface area contributed by atoms with Gasteiger partial charge in [0.2, 0.25) is 11.8 Å². The van der Waals surface area contributed by atoms with Crippen LogP contribution in [0.25, 0.3) is 0 Å². The maximum absolute atomic E-state index is 8.97. The van der Waals surface area contributed by atoms with Gasteiger partial charge in [-0.1, -0.05) is 0 Å². The van der Waals surface area contributed by atoms with E-state index in [0.717, 1.165) is 0 Å². The first-order valence-electron chi connectivity index (χ1n) is 5.08. The average Bonchev–Trinajstić information content (AvgIpc) is 2.30. The third-order valence-electron chi connectivity index (χ3n) is 1.96. The molecule has 17 heavy (non-hydrogen) atoms. The number of anilines is 1. The molecular weight excluding hydrogens is 220 g/mol. The number of rotatable bonds is 4. The monoisotopic (exact) mass is 232 g/mol. The molecular formula is C11H12N4O2. The Kier molecular flexibility index (Phi) is 4.13. The standard InChI is InChI=1S/C11H12N4O2/c1-3-16-10-7(5-12)9(14)8(6-13)11(15-10)17-4-2/h3-4H2,1-2H3,(H2,14,15). The van der Waals surface area contributed by atoms with E-state index in [-0.39, 0.29) is 28.6 Å². The molecule has 1 heterocycles. The van der Waals surface area contributed by atoms with Crippen LogP contribution in [0.1, 0.15) is 25.0 Å². The highest BCUT2D eigenvalue weighted by molar-refractivity contribution is 5.70. The van der Waals surface area contributed by atoms with Crippen LogP contribution in [0.5, 0.6) is 11.8 Å². The van der Waals surface area contributed by atoms with E-state index in [4.69, 9.17) is 25.7 Å². The molecule has 88 valence electrons. The topological polar surface area (TPSA) is 105 Å². The number of hydrogen-bond acceptors (Lipinski definition) is 6. The minimum absolute atomic E-state index is 0.0388. The van der Waals surface area contributed by atoms with Crippen molar-refractivity contribution in [3.63, 3.8) is 0 Å². The van der Waals surface area contributed by atoms with Crippen molar-refractivity contribution in [3.8, 4) is 23.9 Å². The second-order valence-corrected chi connectivity index (χ2v) is 2.98. The Balaban J connectivity index is 3.45. The molecule has 0 aliphatic heterocycles. The Hall–Kier alpha value is -2.47. The molecule has 0 saturated carbocycles. The van der Waals surface area contributed by atoms with Gasteiger partial charge in [-0.05, 0) is 13.8 Å². The van der Waals surface area contributed by atoms with Gasteiger partial charge in [-0.15, -0.1) is 0 Å². The fourth-order valence-corrected chi connectivity index (χ4v) is 1.26. The first-order valence-corrected chi connectivity index (χ1v) is 5.08. The van der Waals surface area contributed by atoms with E-state index in [1.165, 1.54) is 0 Å². The molecule has 0 unspecified atom stereocenters. The van der Waals surface area contributed by atoms with Crippen molar-refractivity contribution in [2.45, 2.75) is 13.8 Å². The first-order chi connectivity index (χ1) is 8.19. The molecule has 0 aliphatic carbocycles. The number of nitrogens with zero attached hydrogens (tertiary/aromatic N) is 3. The molecule has 0 bridgehead atoms. The maximum Gasteiger partial charge on any atom is 0.237 e. The van der Waals surface area contributed by atoms with Gasteiger partial charge in [0.25, 0.3) is 0 Å². The quantitative estimate of drug-likeness (QED) is 0.836. The van der Waals surface area contributed by atoms with Crippen LogP contribution in [0.4, 0.5) is 5.69 Å². The molecule has 0 saturated heterocycles. The van der Waals surface area contributed by atoms with Crippen molar-refractivity contribution in [2.24, 2.45) is 0 Å². The predicted octanol–water partition coefficient (Wildman–Crippen LogP) is 1.20. The summed E-state index contributed by atoms with van der Waals surface area (Å²) in [6, 6.07) is 3.75. The van der Waals surface area contributed by atoms with Gasteiger partial charge >= 0.3 is 0 Å². The summed E-state index contributed by atoms with van der Waals surface area (Å²) in [5.41, 5.74) is 5.88. The van der Waals surface area contributed by atoms with E-state index in [1.807, 2.05) is 12.1 Å². The Bertz CT molecular complexity index is 457. The predicted molar refractivity (Wildman–Crippen MR) is 60.4 cm³/mol. The lowest BCUT2D eigenvalue weighted by atomic mass is 10.1. The second kappa shape index (κ2) is 5.57. The van der Waals surface area contributed by atoms with Gasteiger partial charge in [-0.2, -0.15) is 15.5 Å². The van der Waals surface area contributed by atoms with Crippen LogP contribution in [0.3, 0.4) is 0 Å². The van der Waals surface area contributed by atoms with E-state index >= 15 is 0 Å². The normalized spacial score (nSPS) is 9.18. The second-order valence-electron chi connectivity index (χ2n) is 2.98. The van der Waals surface area contributed by atoms with E-state index in [1.54, 1.807) is 13.8 Å². The highest BCUT2D eigenvalue weighted by atomic mass is 16.5. The van der Waals surface area contributed by atoms with Crippen LogP contribution in [-0.2, 0) is 0 Å².